The van der Waals surface area contributed by atoms with Gasteiger partial charge in [0.25, 0.3) is 5.91 Å². The quantitative estimate of drug-likeness (QED) is 0.753. The van der Waals surface area contributed by atoms with Crippen LogP contribution < -0.4 is 0 Å². The average molecular weight is 350 g/mol. The lowest BCUT2D eigenvalue weighted by molar-refractivity contribution is 0.0698. The molecular formula is C18H24BrNO. The lowest BCUT2D eigenvalue weighted by Gasteiger charge is -2.30. The Morgan fingerprint density at radius 3 is 2.57 bits per heavy atom. The molecule has 0 spiro atoms. The predicted octanol–water partition coefficient (Wildman–Crippen LogP) is 4.94. The first kappa shape index (κ1) is 15.1. The van der Waals surface area contributed by atoms with Crippen molar-refractivity contribution in [2.75, 3.05) is 6.54 Å². The minimum atomic E-state index is 0.221. The number of carbonyl (C=O) groups excluding carboxylic acids is 1. The number of rotatable bonds is 4. The van der Waals surface area contributed by atoms with Crippen LogP contribution in [0.1, 0.15) is 60.9 Å². The summed E-state index contributed by atoms with van der Waals surface area (Å²) in [6.45, 7) is 3.01. The van der Waals surface area contributed by atoms with Crippen LogP contribution in [0.2, 0.25) is 0 Å². The molecule has 1 amide bonds. The van der Waals surface area contributed by atoms with E-state index in [4.69, 9.17) is 0 Å². The van der Waals surface area contributed by atoms with Crippen molar-refractivity contribution in [1.29, 1.82) is 0 Å². The van der Waals surface area contributed by atoms with Crippen LogP contribution in [-0.2, 0) is 0 Å². The second-order valence-electron chi connectivity index (χ2n) is 6.68. The van der Waals surface area contributed by atoms with Gasteiger partial charge in [-0.1, -0.05) is 30.9 Å². The maximum Gasteiger partial charge on any atom is 0.255 e. The van der Waals surface area contributed by atoms with Crippen LogP contribution in [0.25, 0.3) is 0 Å². The van der Waals surface area contributed by atoms with Crippen molar-refractivity contribution in [3.05, 3.63) is 33.8 Å². The van der Waals surface area contributed by atoms with Crippen molar-refractivity contribution in [3.8, 4) is 0 Å². The van der Waals surface area contributed by atoms with Gasteiger partial charge in [-0.3, -0.25) is 4.79 Å². The summed E-state index contributed by atoms with van der Waals surface area (Å²) in [5.41, 5.74) is 1.98. The van der Waals surface area contributed by atoms with Crippen molar-refractivity contribution in [3.63, 3.8) is 0 Å². The van der Waals surface area contributed by atoms with E-state index in [1.54, 1.807) is 0 Å². The Morgan fingerprint density at radius 2 is 1.90 bits per heavy atom. The molecule has 0 atom stereocenters. The number of carbonyl (C=O) groups is 1. The van der Waals surface area contributed by atoms with E-state index < -0.39 is 0 Å². The third-order valence-corrected chi connectivity index (χ3v) is 5.47. The van der Waals surface area contributed by atoms with Crippen LogP contribution in [0.15, 0.2) is 22.7 Å². The lowest BCUT2D eigenvalue weighted by atomic mass is 9.88. The maximum absolute atomic E-state index is 13.0. The maximum atomic E-state index is 13.0. The fraction of sp³-hybridized carbons (Fsp3) is 0.611. The lowest BCUT2D eigenvalue weighted by Crippen LogP contribution is -2.38. The third-order valence-electron chi connectivity index (χ3n) is 4.78. The topological polar surface area (TPSA) is 20.3 Å². The monoisotopic (exact) mass is 349 g/mol. The minimum absolute atomic E-state index is 0.221. The zero-order valence-electron chi connectivity index (χ0n) is 12.8. The molecule has 0 aromatic heterocycles. The van der Waals surface area contributed by atoms with Crippen molar-refractivity contribution >= 4 is 21.8 Å². The molecule has 1 aromatic rings. The molecule has 2 aliphatic carbocycles. The molecule has 0 unspecified atom stereocenters. The summed E-state index contributed by atoms with van der Waals surface area (Å²) in [7, 11) is 0. The molecule has 0 N–H and O–H groups in total. The number of hydrogen-bond acceptors (Lipinski definition) is 1. The summed E-state index contributed by atoms with van der Waals surface area (Å²) in [6.07, 6.45) is 9.01. The Labute approximate surface area is 136 Å². The standard InChI is InChI=1S/C18H24BrNO/c1-13-7-10-17(19)16(11-13)18(21)20(15-8-9-15)12-14-5-3-2-4-6-14/h7,10-11,14-15H,2-6,8-9,12H2,1H3. The smallest absolute Gasteiger partial charge is 0.255 e. The van der Waals surface area contributed by atoms with E-state index >= 15 is 0 Å². The molecule has 3 heteroatoms. The Bertz CT molecular complexity index is 518. The summed E-state index contributed by atoms with van der Waals surface area (Å²) in [4.78, 5) is 15.1. The molecule has 0 heterocycles. The first-order valence-corrected chi connectivity index (χ1v) is 9.01. The zero-order valence-corrected chi connectivity index (χ0v) is 14.4. The molecule has 114 valence electrons. The van der Waals surface area contributed by atoms with Gasteiger partial charge in [-0.05, 0) is 66.6 Å². The van der Waals surface area contributed by atoms with Gasteiger partial charge in [0, 0.05) is 17.1 Å². The molecule has 2 nitrogen and oxygen atoms in total. The predicted molar refractivity (Wildman–Crippen MR) is 89.5 cm³/mol. The first-order valence-electron chi connectivity index (χ1n) is 8.22. The number of halogens is 1. The van der Waals surface area contributed by atoms with Crippen LogP contribution in [0.4, 0.5) is 0 Å². The largest absolute Gasteiger partial charge is 0.335 e. The van der Waals surface area contributed by atoms with Crippen LogP contribution in [0.5, 0.6) is 0 Å². The van der Waals surface area contributed by atoms with Gasteiger partial charge < -0.3 is 4.90 Å². The van der Waals surface area contributed by atoms with E-state index in [0.29, 0.717) is 12.0 Å². The van der Waals surface area contributed by atoms with Gasteiger partial charge in [-0.25, -0.2) is 0 Å². The number of aryl methyl sites for hydroxylation is 1. The highest BCUT2D eigenvalue weighted by Gasteiger charge is 2.35. The van der Waals surface area contributed by atoms with Gasteiger partial charge in [0.1, 0.15) is 0 Å². The molecular weight excluding hydrogens is 326 g/mol. The highest BCUT2D eigenvalue weighted by molar-refractivity contribution is 9.10. The molecule has 1 aromatic carbocycles. The Kier molecular flexibility index (Phi) is 4.68. The van der Waals surface area contributed by atoms with E-state index in [9.17, 15) is 4.79 Å². The summed E-state index contributed by atoms with van der Waals surface area (Å²) >= 11 is 3.55. The van der Waals surface area contributed by atoms with Gasteiger partial charge >= 0.3 is 0 Å². The zero-order chi connectivity index (χ0) is 14.8. The molecule has 21 heavy (non-hydrogen) atoms. The normalized spacial score (nSPS) is 19.5. The SMILES string of the molecule is Cc1ccc(Br)c(C(=O)N(CC2CCCCC2)C2CC2)c1. The Morgan fingerprint density at radius 1 is 1.19 bits per heavy atom. The number of benzene rings is 1. The van der Waals surface area contributed by atoms with Crippen molar-refractivity contribution in [2.24, 2.45) is 5.92 Å². The fourth-order valence-electron chi connectivity index (χ4n) is 3.39. The molecule has 2 fully saturated rings. The van der Waals surface area contributed by atoms with E-state index in [2.05, 4.69) is 20.8 Å². The Hall–Kier alpha value is -0.830. The molecule has 0 radical (unpaired) electrons. The molecule has 0 saturated heterocycles. The van der Waals surface area contributed by atoms with Crippen molar-refractivity contribution < 1.29 is 4.79 Å². The highest BCUT2D eigenvalue weighted by atomic mass is 79.9. The second kappa shape index (κ2) is 6.51. The highest BCUT2D eigenvalue weighted by Crippen LogP contribution is 2.33. The molecule has 3 rings (SSSR count). The second-order valence-corrected chi connectivity index (χ2v) is 7.53. The van der Waals surface area contributed by atoms with E-state index in [1.165, 1.54) is 44.9 Å². The Balaban J connectivity index is 1.76. The number of hydrogen-bond donors (Lipinski definition) is 0. The van der Waals surface area contributed by atoms with Gasteiger partial charge in [-0.15, -0.1) is 0 Å². The molecule has 0 bridgehead atoms. The van der Waals surface area contributed by atoms with Crippen molar-refractivity contribution in [2.45, 2.75) is 57.9 Å². The third kappa shape index (κ3) is 3.68. The molecule has 2 aliphatic rings. The van der Waals surface area contributed by atoms with Crippen LogP contribution in [0, 0.1) is 12.8 Å². The van der Waals surface area contributed by atoms with Crippen LogP contribution in [0.3, 0.4) is 0 Å². The van der Waals surface area contributed by atoms with Crippen molar-refractivity contribution in [1.82, 2.24) is 4.90 Å². The fourth-order valence-corrected chi connectivity index (χ4v) is 3.81. The van der Waals surface area contributed by atoms with E-state index in [-0.39, 0.29) is 5.91 Å². The summed E-state index contributed by atoms with van der Waals surface area (Å²) in [5, 5.41) is 0. The van der Waals surface area contributed by atoms with Gasteiger partial charge in [0.2, 0.25) is 0 Å². The summed E-state index contributed by atoms with van der Waals surface area (Å²) in [6, 6.07) is 6.55. The summed E-state index contributed by atoms with van der Waals surface area (Å²) < 4.78 is 0.924. The van der Waals surface area contributed by atoms with Gasteiger partial charge in [0.05, 0.1) is 5.56 Å². The number of amides is 1. The van der Waals surface area contributed by atoms with Gasteiger partial charge in [0.15, 0.2) is 0 Å². The van der Waals surface area contributed by atoms with Gasteiger partial charge in [-0.2, -0.15) is 0 Å². The van der Waals surface area contributed by atoms with E-state index in [0.717, 1.165) is 22.1 Å². The minimum Gasteiger partial charge on any atom is -0.335 e. The van der Waals surface area contributed by atoms with E-state index in [1.807, 2.05) is 25.1 Å². The average Bonchev–Trinajstić information content (AvgIpc) is 3.32. The van der Waals surface area contributed by atoms with Crippen LogP contribution >= 0.6 is 15.9 Å². The number of nitrogens with zero attached hydrogens (tertiary/aromatic N) is 1. The summed E-state index contributed by atoms with van der Waals surface area (Å²) in [5.74, 6) is 0.936. The first-order chi connectivity index (χ1) is 10.1. The molecule has 0 aliphatic heterocycles. The van der Waals surface area contributed by atoms with Crippen LogP contribution in [-0.4, -0.2) is 23.4 Å². The molecule has 2 saturated carbocycles.